The second kappa shape index (κ2) is 49.1. The van der Waals surface area contributed by atoms with Crippen LogP contribution in [0.5, 0.6) is 0 Å². The van der Waals surface area contributed by atoms with E-state index in [2.05, 4.69) is 69.4 Å². The van der Waals surface area contributed by atoms with E-state index < -0.39 is 67.3 Å². The fourth-order valence-electron chi connectivity index (χ4n) is 8.38. The van der Waals surface area contributed by atoms with Crippen LogP contribution in [0.3, 0.4) is 0 Å². The molecule has 0 saturated carbocycles. The van der Waals surface area contributed by atoms with Crippen LogP contribution < -0.4 is 0 Å². The van der Waals surface area contributed by atoms with E-state index in [-0.39, 0.29) is 25.9 Å². The molecule has 0 aliphatic carbocycles. The molecule has 1 aliphatic rings. The van der Waals surface area contributed by atoms with Gasteiger partial charge in [-0.2, -0.15) is 0 Å². The van der Waals surface area contributed by atoms with Crippen LogP contribution in [0.4, 0.5) is 0 Å². The number of rotatable bonds is 48. The average Bonchev–Trinajstić information content (AvgIpc) is 3.37. The van der Waals surface area contributed by atoms with Crippen molar-refractivity contribution in [3.05, 3.63) is 72.9 Å². The number of carbonyl (C=O) groups excluding carboxylic acids is 3. The Morgan fingerprint density at radius 1 is 0.479 bits per heavy atom. The largest absolute Gasteiger partial charge is 0.479 e. The van der Waals surface area contributed by atoms with Gasteiger partial charge in [0.2, 0.25) is 0 Å². The van der Waals surface area contributed by atoms with E-state index in [4.69, 9.17) is 23.7 Å². The highest BCUT2D eigenvalue weighted by atomic mass is 16.7. The number of aliphatic hydroxyl groups is 2. The maximum Gasteiger partial charge on any atom is 0.335 e. The van der Waals surface area contributed by atoms with E-state index in [1.165, 1.54) is 109 Å². The van der Waals surface area contributed by atoms with E-state index in [0.717, 1.165) is 70.6 Å². The fraction of sp³-hybridized carbons (Fsp3) is 0.738. The lowest BCUT2D eigenvalue weighted by atomic mass is 9.98. The molecule has 6 atom stereocenters. The summed E-state index contributed by atoms with van der Waals surface area (Å²) < 4.78 is 28.2. The van der Waals surface area contributed by atoms with Crippen molar-refractivity contribution in [2.45, 2.75) is 276 Å². The number of allylic oxidation sites excluding steroid dienone is 11. The molecule has 0 aromatic carbocycles. The van der Waals surface area contributed by atoms with E-state index in [1.807, 2.05) is 12.2 Å². The van der Waals surface area contributed by atoms with Crippen LogP contribution in [0.15, 0.2) is 72.9 Å². The molecule has 0 aromatic rings. The Morgan fingerprint density at radius 2 is 0.904 bits per heavy atom. The van der Waals surface area contributed by atoms with Gasteiger partial charge in [-0.3, -0.25) is 14.4 Å². The number of hydrogen-bond donors (Lipinski definition) is 3. The number of hydrogen-bond acceptors (Lipinski definition) is 11. The second-order valence-electron chi connectivity index (χ2n) is 19.6. The minimum absolute atomic E-state index is 0.152. The van der Waals surface area contributed by atoms with Crippen LogP contribution in [-0.4, -0.2) is 89.2 Å². The molecule has 1 fully saturated rings. The lowest BCUT2D eigenvalue weighted by Gasteiger charge is -2.40. The van der Waals surface area contributed by atoms with E-state index >= 15 is 0 Å². The van der Waals surface area contributed by atoms with Crippen molar-refractivity contribution in [1.29, 1.82) is 0 Å². The lowest BCUT2D eigenvalue weighted by Crippen LogP contribution is -2.61. The van der Waals surface area contributed by atoms with Crippen LogP contribution in [0, 0.1) is 0 Å². The number of ether oxygens (including phenoxy) is 5. The van der Waals surface area contributed by atoms with Crippen LogP contribution in [0.25, 0.3) is 0 Å². The molecule has 0 spiro atoms. The molecule has 6 unspecified atom stereocenters. The molecular weight excluding hydrogens is 925 g/mol. The molecular formula is C61H102O12. The summed E-state index contributed by atoms with van der Waals surface area (Å²) in [5.74, 6) is -3.28. The number of unbranched alkanes of at least 4 members (excludes halogenated alkanes) is 23. The predicted molar refractivity (Wildman–Crippen MR) is 294 cm³/mol. The summed E-state index contributed by atoms with van der Waals surface area (Å²) in [6.07, 6.45) is 49.1. The second-order valence-corrected chi connectivity index (χ2v) is 19.6. The zero-order chi connectivity index (χ0) is 53.3. The molecule has 1 heterocycles. The monoisotopic (exact) mass is 1030 g/mol. The molecule has 1 aliphatic heterocycles. The van der Waals surface area contributed by atoms with Crippen molar-refractivity contribution < 1.29 is 58.2 Å². The first-order valence-corrected chi connectivity index (χ1v) is 28.9. The zero-order valence-electron chi connectivity index (χ0n) is 45.9. The highest BCUT2D eigenvalue weighted by Crippen LogP contribution is 2.26. The Hall–Kier alpha value is -3.84. The molecule has 1 rings (SSSR count). The molecule has 73 heavy (non-hydrogen) atoms. The molecule has 12 nitrogen and oxygen atoms in total. The van der Waals surface area contributed by atoms with Gasteiger partial charge in [-0.25, -0.2) is 4.79 Å². The summed E-state index contributed by atoms with van der Waals surface area (Å²) in [6, 6.07) is 0. The highest BCUT2D eigenvalue weighted by molar-refractivity contribution is 5.74. The Morgan fingerprint density at radius 3 is 1.37 bits per heavy atom. The SMILES string of the molecule is CC/C=C\C/C=C\C/C=C\C/C=C\C/C=C\CC(=O)OC1C(OCC(COC(=O)CCCCCCCCC/C=C\CCCCCCCC)OC(=O)CCCCCCCCCCCCC)OC(C(=O)O)C(O)C1O. The quantitative estimate of drug-likeness (QED) is 0.0228. The van der Waals surface area contributed by atoms with Gasteiger partial charge in [0.25, 0.3) is 0 Å². The summed E-state index contributed by atoms with van der Waals surface area (Å²) in [6.45, 7) is 5.82. The van der Waals surface area contributed by atoms with Crippen molar-refractivity contribution in [3.8, 4) is 0 Å². The number of carboxylic acids is 1. The first-order chi connectivity index (χ1) is 35.6. The third-order valence-electron chi connectivity index (χ3n) is 12.8. The van der Waals surface area contributed by atoms with Crippen molar-refractivity contribution in [1.82, 2.24) is 0 Å². The standard InChI is InChI=1S/C61H102O12/c1-4-7-10-13-16-19-22-24-26-27-29-30-33-35-38-41-44-47-53(62)69-50-52(71-54(63)48-45-42-39-36-32-21-18-15-12-9-6-3)51-70-61-59(57(66)56(65)58(73-61)60(67)68)72-55(64)49-46-43-40-37-34-31-28-25-23-20-17-14-11-8-5-2/h8,11,17,20,24-26,28,34,37,43,46,52,56-59,61,65-66H,4-7,9-10,12-16,18-19,21-23,27,29-33,35-36,38-42,44-45,47-51H2,1-3H3,(H,67,68)/b11-8-,20-17-,26-24-,28-25-,37-34-,46-43-. The van der Waals surface area contributed by atoms with Crippen LogP contribution in [0.1, 0.15) is 239 Å². The Labute approximate surface area is 442 Å². The molecule has 418 valence electrons. The molecule has 1 saturated heterocycles. The first kappa shape index (κ1) is 67.2. The van der Waals surface area contributed by atoms with Gasteiger partial charge in [-0.15, -0.1) is 0 Å². The minimum atomic E-state index is -1.93. The van der Waals surface area contributed by atoms with Gasteiger partial charge in [-0.05, 0) is 70.6 Å². The number of aliphatic hydroxyl groups excluding tert-OH is 2. The Kier molecular flexibility index (Phi) is 45.1. The molecule has 0 amide bonds. The van der Waals surface area contributed by atoms with Crippen molar-refractivity contribution in [2.24, 2.45) is 0 Å². The van der Waals surface area contributed by atoms with Crippen LogP contribution in [-0.2, 0) is 42.9 Å². The number of esters is 3. The molecule has 0 bridgehead atoms. The first-order valence-electron chi connectivity index (χ1n) is 28.9. The summed E-state index contributed by atoms with van der Waals surface area (Å²) in [5.41, 5.74) is 0. The minimum Gasteiger partial charge on any atom is -0.479 e. The average molecular weight is 1030 g/mol. The summed E-state index contributed by atoms with van der Waals surface area (Å²) in [5, 5.41) is 31.4. The topological polar surface area (TPSA) is 175 Å². The van der Waals surface area contributed by atoms with Crippen molar-refractivity contribution in [3.63, 3.8) is 0 Å². The van der Waals surface area contributed by atoms with Gasteiger partial charge in [0.15, 0.2) is 24.6 Å². The molecule has 3 N–H and O–H groups in total. The van der Waals surface area contributed by atoms with Crippen molar-refractivity contribution >= 4 is 23.9 Å². The zero-order valence-corrected chi connectivity index (χ0v) is 45.9. The van der Waals surface area contributed by atoms with Gasteiger partial charge >= 0.3 is 23.9 Å². The van der Waals surface area contributed by atoms with E-state index in [1.54, 1.807) is 12.2 Å². The van der Waals surface area contributed by atoms with E-state index in [0.29, 0.717) is 19.3 Å². The van der Waals surface area contributed by atoms with Crippen LogP contribution >= 0.6 is 0 Å². The molecule has 0 radical (unpaired) electrons. The Bertz CT molecular complexity index is 1550. The van der Waals surface area contributed by atoms with Gasteiger partial charge in [-0.1, -0.05) is 222 Å². The summed E-state index contributed by atoms with van der Waals surface area (Å²) in [4.78, 5) is 50.9. The lowest BCUT2D eigenvalue weighted by molar-refractivity contribution is -0.301. The number of carboxylic acid groups (broad SMARTS) is 1. The highest BCUT2D eigenvalue weighted by Gasteiger charge is 2.50. The number of aliphatic carboxylic acids is 1. The predicted octanol–water partition coefficient (Wildman–Crippen LogP) is 14.6. The fourth-order valence-corrected chi connectivity index (χ4v) is 8.38. The third-order valence-corrected chi connectivity index (χ3v) is 12.8. The molecule has 0 aromatic heterocycles. The van der Waals surface area contributed by atoms with Gasteiger partial charge < -0.3 is 39.0 Å². The Balaban J connectivity index is 2.73. The normalized spacial score (nSPS) is 18.8. The van der Waals surface area contributed by atoms with Crippen molar-refractivity contribution in [2.75, 3.05) is 13.2 Å². The van der Waals surface area contributed by atoms with Gasteiger partial charge in [0, 0.05) is 12.8 Å². The van der Waals surface area contributed by atoms with Gasteiger partial charge in [0.05, 0.1) is 13.0 Å². The smallest absolute Gasteiger partial charge is 0.335 e. The van der Waals surface area contributed by atoms with E-state index in [9.17, 15) is 34.5 Å². The summed E-state index contributed by atoms with van der Waals surface area (Å²) >= 11 is 0. The maximum atomic E-state index is 13.1. The number of carbonyl (C=O) groups is 4. The third kappa shape index (κ3) is 39.3. The summed E-state index contributed by atoms with van der Waals surface area (Å²) in [7, 11) is 0. The van der Waals surface area contributed by atoms with Gasteiger partial charge in [0.1, 0.15) is 18.8 Å². The van der Waals surface area contributed by atoms with Crippen LogP contribution in [0.2, 0.25) is 0 Å². The molecule has 12 heteroatoms. The maximum absolute atomic E-state index is 13.1.